The van der Waals surface area contributed by atoms with Gasteiger partial charge in [0.1, 0.15) is 5.41 Å². The van der Waals surface area contributed by atoms with Crippen LogP contribution in [0.3, 0.4) is 0 Å². The van der Waals surface area contributed by atoms with Crippen molar-refractivity contribution in [3.05, 3.63) is 0 Å². The molecule has 2 saturated heterocycles. The van der Waals surface area contributed by atoms with Crippen molar-refractivity contribution in [3.63, 3.8) is 0 Å². The van der Waals surface area contributed by atoms with Gasteiger partial charge in [-0.05, 0) is 6.42 Å². The number of nitrogens with one attached hydrogen (secondary N) is 1. The zero-order valence-electron chi connectivity index (χ0n) is 9.26. The first-order chi connectivity index (χ1) is 7.89. The molecule has 0 aromatic heterocycles. The predicted octanol–water partition coefficient (Wildman–Crippen LogP) is -0.0209. The van der Waals surface area contributed by atoms with E-state index in [1.165, 1.54) is 4.90 Å². The van der Waals surface area contributed by atoms with Crippen molar-refractivity contribution in [2.45, 2.75) is 12.6 Å². The van der Waals surface area contributed by atoms with Gasteiger partial charge >= 0.3 is 6.18 Å². The Morgan fingerprint density at radius 1 is 1.47 bits per heavy atom. The molecule has 17 heavy (non-hydrogen) atoms. The van der Waals surface area contributed by atoms with Gasteiger partial charge in [-0.15, -0.1) is 0 Å². The van der Waals surface area contributed by atoms with E-state index in [0.717, 1.165) is 0 Å². The molecule has 2 aliphatic heterocycles. The van der Waals surface area contributed by atoms with Gasteiger partial charge in [-0.2, -0.15) is 13.2 Å². The van der Waals surface area contributed by atoms with Crippen LogP contribution in [0.4, 0.5) is 13.2 Å². The van der Waals surface area contributed by atoms with Gasteiger partial charge in [-0.3, -0.25) is 4.79 Å². The molecule has 4 nitrogen and oxygen atoms in total. The van der Waals surface area contributed by atoms with Crippen LogP contribution >= 0.6 is 0 Å². The number of rotatable bonds is 2. The lowest BCUT2D eigenvalue weighted by molar-refractivity contribution is -0.230. The number of halogens is 3. The molecule has 0 spiro atoms. The minimum atomic E-state index is -4.46. The second-order valence-electron chi connectivity index (χ2n) is 4.80. The van der Waals surface area contributed by atoms with Crippen LogP contribution in [0.25, 0.3) is 0 Å². The molecule has 98 valence electrons. The van der Waals surface area contributed by atoms with Crippen LogP contribution in [0.5, 0.6) is 0 Å². The van der Waals surface area contributed by atoms with Gasteiger partial charge in [0.2, 0.25) is 5.91 Å². The fourth-order valence-electron chi connectivity index (χ4n) is 2.23. The number of hydrogen-bond acceptors (Lipinski definition) is 3. The third kappa shape index (κ3) is 2.01. The molecule has 2 fully saturated rings. The summed E-state index contributed by atoms with van der Waals surface area (Å²) in [6.07, 6.45) is -4.67. The van der Waals surface area contributed by atoms with Gasteiger partial charge in [0.25, 0.3) is 0 Å². The van der Waals surface area contributed by atoms with E-state index in [2.05, 4.69) is 5.32 Å². The summed E-state index contributed by atoms with van der Waals surface area (Å²) in [5, 5.41) is 11.9. The predicted molar refractivity (Wildman–Crippen MR) is 53.1 cm³/mol. The smallest absolute Gasteiger partial charge is 0.395 e. The van der Waals surface area contributed by atoms with Gasteiger partial charge in [-0.1, -0.05) is 0 Å². The Balaban J connectivity index is 2.04. The molecule has 1 amide bonds. The average Bonchev–Trinajstić information content (AvgIpc) is 2.58. The molecule has 2 heterocycles. The Morgan fingerprint density at radius 3 is 2.47 bits per heavy atom. The van der Waals surface area contributed by atoms with Crippen LogP contribution in [0.15, 0.2) is 0 Å². The molecule has 1 atom stereocenters. The highest BCUT2D eigenvalue weighted by molar-refractivity contribution is 5.80. The van der Waals surface area contributed by atoms with Crippen molar-refractivity contribution in [1.29, 1.82) is 0 Å². The molecule has 2 N–H and O–H groups in total. The molecule has 0 aliphatic carbocycles. The third-order valence-corrected chi connectivity index (χ3v) is 3.70. The van der Waals surface area contributed by atoms with Crippen molar-refractivity contribution < 1.29 is 23.1 Å². The van der Waals surface area contributed by atoms with Crippen molar-refractivity contribution >= 4 is 5.91 Å². The molecule has 0 saturated carbocycles. The lowest BCUT2D eigenvalue weighted by atomic mass is 9.87. The van der Waals surface area contributed by atoms with E-state index < -0.39 is 24.7 Å². The van der Waals surface area contributed by atoms with E-state index in [1.807, 2.05) is 0 Å². The minimum absolute atomic E-state index is 0.0788. The number of nitrogens with zero attached hydrogens (tertiary/aromatic N) is 1. The van der Waals surface area contributed by atoms with E-state index in [1.54, 1.807) is 0 Å². The maximum Gasteiger partial charge on any atom is 0.398 e. The van der Waals surface area contributed by atoms with E-state index in [-0.39, 0.29) is 24.8 Å². The summed E-state index contributed by atoms with van der Waals surface area (Å²) in [6, 6.07) is 0. The summed E-state index contributed by atoms with van der Waals surface area (Å²) in [7, 11) is 0. The summed E-state index contributed by atoms with van der Waals surface area (Å²) >= 11 is 0. The molecule has 7 heteroatoms. The largest absolute Gasteiger partial charge is 0.398 e. The molecular weight excluding hydrogens is 237 g/mol. The molecule has 2 aliphatic rings. The zero-order chi connectivity index (χ0) is 12.7. The van der Waals surface area contributed by atoms with Crippen LogP contribution in [0, 0.1) is 11.3 Å². The molecule has 0 aromatic carbocycles. The summed E-state index contributed by atoms with van der Waals surface area (Å²) in [6.45, 7) is -0.220. The van der Waals surface area contributed by atoms with Gasteiger partial charge in [0.05, 0.1) is 12.5 Å². The number of carbonyl (C=O) groups excluding carboxylic acids is 1. The number of hydrogen-bond donors (Lipinski definition) is 2. The van der Waals surface area contributed by atoms with Crippen LogP contribution in [0.2, 0.25) is 0 Å². The van der Waals surface area contributed by atoms with Crippen molar-refractivity contribution in [2.75, 3.05) is 32.8 Å². The van der Waals surface area contributed by atoms with E-state index in [0.29, 0.717) is 13.1 Å². The zero-order valence-corrected chi connectivity index (χ0v) is 9.26. The highest BCUT2D eigenvalue weighted by Crippen LogP contribution is 2.45. The average molecular weight is 252 g/mol. The molecule has 0 aromatic rings. The maximum atomic E-state index is 12.8. The molecule has 0 radical (unpaired) electrons. The van der Waals surface area contributed by atoms with E-state index in [4.69, 9.17) is 5.11 Å². The quantitative estimate of drug-likeness (QED) is 0.726. The maximum absolute atomic E-state index is 12.8. The lowest BCUT2D eigenvalue weighted by Crippen LogP contribution is -2.52. The summed E-state index contributed by atoms with van der Waals surface area (Å²) in [5.41, 5.74) is -2.13. The number of aliphatic hydroxyl groups excluding tert-OH is 1. The number of likely N-dealkylation sites (tertiary alicyclic amines) is 1. The Hall–Kier alpha value is -0.820. The Kier molecular flexibility index (Phi) is 3.07. The molecule has 1 unspecified atom stereocenters. The molecule has 0 bridgehead atoms. The van der Waals surface area contributed by atoms with Crippen LogP contribution < -0.4 is 5.32 Å². The van der Waals surface area contributed by atoms with Gasteiger partial charge in [-0.25, -0.2) is 0 Å². The molecular formula is C10H15F3N2O2. The van der Waals surface area contributed by atoms with Crippen molar-refractivity contribution in [2.24, 2.45) is 11.3 Å². The standard InChI is InChI=1S/C10H15F3N2O2/c11-10(12,13)9(6-16)1-2-15(5-9)8(17)7-3-14-4-7/h7,14,16H,1-6H2. The number of alkyl halides is 3. The van der Waals surface area contributed by atoms with Crippen LogP contribution in [-0.4, -0.2) is 54.9 Å². The number of aliphatic hydroxyl groups is 1. The van der Waals surface area contributed by atoms with Gasteiger partial charge in [0, 0.05) is 26.2 Å². The fourth-order valence-corrected chi connectivity index (χ4v) is 2.23. The monoisotopic (exact) mass is 252 g/mol. The SMILES string of the molecule is O=C(C1CNC1)N1CCC(CO)(C(F)(F)F)C1. The Bertz CT molecular complexity index is 317. The Morgan fingerprint density at radius 2 is 2.12 bits per heavy atom. The summed E-state index contributed by atoms with van der Waals surface area (Å²) < 4.78 is 38.5. The normalized spacial score (nSPS) is 30.5. The number of amides is 1. The van der Waals surface area contributed by atoms with Crippen molar-refractivity contribution in [1.82, 2.24) is 10.2 Å². The third-order valence-electron chi connectivity index (χ3n) is 3.70. The fraction of sp³-hybridized carbons (Fsp3) is 0.900. The van der Waals surface area contributed by atoms with Crippen LogP contribution in [0.1, 0.15) is 6.42 Å². The second kappa shape index (κ2) is 4.13. The topological polar surface area (TPSA) is 52.6 Å². The molecule has 2 rings (SSSR count). The number of carbonyl (C=O) groups is 1. The summed E-state index contributed by atoms with van der Waals surface area (Å²) in [5.74, 6) is -0.430. The first-order valence-electron chi connectivity index (χ1n) is 5.57. The Labute approximate surface area is 96.8 Å². The highest BCUT2D eigenvalue weighted by Gasteiger charge is 2.58. The minimum Gasteiger partial charge on any atom is -0.395 e. The first kappa shape index (κ1) is 12.6. The highest BCUT2D eigenvalue weighted by atomic mass is 19.4. The van der Waals surface area contributed by atoms with Crippen molar-refractivity contribution in [3.8, 4) is 0 Å². The summed E-state index contributed by atoms with van der Waals surface area (Å²) in [4.78, 5) is 13.0. The first-order valence-corrected chi connectivity index (χ1v) is 5.57. The van der Waals surface area contributed by atoms with Gasteiger partial charge in [0.15, 0.2) is 0 Å². The lowest BCUT2D eigenvalue weighted by Gasteiger charge is -2.32. The van der Waals surface area contributed by atoms with E-state index in [9.17, 15) is 18.0 Å². The van der Waals surface area contributed by atoms with Gasteiger partial charge < -0.3 is 15.3 Å². The second-order valence-corrected chi connectivity index (χ2v) is 4.80. The van der Waals surface area contributed by atoms with E-state index >= 15 is 0 Å². The van der Waals surface area contributed by atoms with Crippen LogP contribution in [-0.2, 0) is 4.79 Å².